The minimum Gasteiger partial charge on any atom is -0.368 e. The normalized spacial score (nSPS) is 22.0. The Bertz CT molecular complexity index is 939. The van der Waals surface area contributed by atoms with Crippen LogP contribution in [0.5, 0.6) is 0 Å². The predicted molar refractivity (Wildman–Crippen MR) is 117 cm³/mol. The van der Waals surface area contributed by atoms with Crippen LogP contribution < -0.4 is 4.90 Å². The largest absolute Gasteiger partial charge is 0.368 e. The Balaban J connectivity index is 1.28. The second-order valence-corrected chi connectivity index (χ2v) is 8.48. The smallest absolute Gasteiger partial charge is 0.0452 e. The van der Waals surface area contributed by atoms with E-state index in [9.17, 15) is 0 Å². The summed E-state index contributed by atoms with van der Waals surface area (Å²) in [6, 6.07) is 19.0. The summed E-state index contributed by atoms with van der Waals surface area (Å²) >= 11 is 0. The summed E-state index contributed by atoms with van der Waals surface area (Å²) in [5.41, 5.74) is 4.27. The van der Waals surface area contributed by atoms with Crippen LogP contribution in [0.3, 0.4) is 0 Å². The average molecular weight is 372 g/mol. The lowest BCUT2D eigenvalue weighted by Crippen LogP contribution is -2.44. The Morgan fingerprint density at radius 3 is 2.61 bits per heavy atom. The summed E-state index contributed by atoms with van der Waals surface area (Å²) in [7, 11) is 2.29. The van der Waals surface area contributed by atoms with Gasteiger partial charge in [-0.15, -0.1) is 0 Å². The van der Waals surface area contributed by atoms with Crippen LogP contribution in [-0.2, 0) is 13.0 Å². The summed E-state index contributed by atoms with van der Waals surface area (Å²) < 4.78 is 0. The highest BCUT2D eigenvalue weighted by molar-refractivity contribution is 5.97. The van der Waals surface area contributed by atoms with E-state index in [1.807, 2.05) is 6.20 Å². The van der Waals surface area contributed by atoms with Crippen LogP contribution in [0.15, 0.2) is 60.9 Å². The molecular formula is C25H29N3. The highest BCUT2D eigenvalue weighted by Gasteiger charge is 2.30. The maximum Gasteiger partial charge on any atom is 0.0452 e. The molecule has 1 aromatic heterocycles. The van der Waals surface area contributed by atoms with E-state index < -0.39 is 0 Å². The predicted octanol–water partition coefficient (Wildman–Crippen LogP) is 5.04. The number of nitrogens with zero attached hydrogens (tertiary/aromatic N) is 3. The second-order valence-electron chi connectivity index (χ2n) is 8.48. The first-order chi connectivity index (χ1) is 13.8. The number of hydrogen-bond donors (Lipinski definition) is 0. The molecule has 0 N–H and O–H groups in total. The molecule has 1 saturated carbocycles. The second kappa shape index (κ2) is 7.56. The van der Waals surface area contributed by atoms with Gasteiger partial charge in [-0.2, -0.15) is 0 Å². The Labute approximate surface area is 168 Å². The van der Waals surface area contributed by atoms with E-state index in [2.05, 4.69) is 76.6 Å². The molecule has 2 aliphatic rings. The Kier molecular flexibility index (Phi) is 4.77. The first-order valence-corrected chi connectivity index (χ1v) is 10.7. The molecule has 3 nitrogen and oxygen atoms in total. The van der Waals surface area contributed by atoms with Gasteiger partial charge >= 0.3 is 0 Å². The minimum atomic E-state index is 0.674. The molecule has 0 bridgehead atoms. The molecule has 144 valence electrons. The molecule has 0 atom stereocenters. The van der Waals surface area contributed by atoms with Crippen LogP contribution in [0.25, 0.3) is 10.8 Å². The minimum absolute atomic E-state index is 0.674. The van der Waals surface area contributed by atoms with Gasteiger partial charge in [0.15, 0.2) is 0 Å². The fraction of sp³-hybridized carbons (Fsp3) is 0.400. The molecule has 28 heavy (non-hydrogen) atoms. The van der Waals surface area contributed by atoms with Crippen molar-refractivity contribution in [2.24, 2.45) is 0 Å². The first kappa shape index (κ1) is 17.7. The van der Waals surface area contributed by atoms with E-state index in [0.29, 0.717) is 12.1 Å². The van der Waals surface area contributed by atoms with Crippen molar-refractivity contribution in [1.29, 1.82) is 0 Å². The van der Waals surface area contributed by atoms with Crippen molar-refractivity contribution < 1.29 is 0 Å². The van der Waals surface area contributed by atoms with Gasteiger partial charge in [-0.25, -0.2) is 0 Å². The molecule has 2 heterocycles. The molecule has 0 saturated heterocycles. The number of rotatable bonds is 4. The van der Waals surface area contributed by atoms with Crippen molar-refractivity contribution in [3.63, 3.8) is 0 Å². The summed E-state index contributed by atoms with van der Waals surface area (Å²) in [4.78, 5) is 9.69. The van der Waals surface area contributed by atoms with Crippen LogP contribution in [0.2, 0.25) is 0 Å². The highest BCUT2D eigenvalue weighted by atomic mass is 15.2. The van der Waals surface area contributed by atoms with Crippen molar-refractivity contribution in [3.05, 3.63) is 72.1 Å². The van der Waals surface area contributed by atoms with Crippen molar-refractivity contribution in [3.8, 4) is 0 Å². The van der Waals surface area contributed by atoms with Gasteiger partial charge in [0.1, 0.15) is 0 Å². The van der Waals surface area contributed by atoms with Crippen molar-refractivity contribution in [2.75, 3.05) is 18.5 Å². The molecule has 0 amide bonds. The number of hydrogen-bond acceptors (Lipinski definition) is 3. The lowest BCUT2D eigenvalue weighted by molar-refractivity contribution is 0.174. The SMILES string of the molecule is CN(Cc1ccccc1)[C@H]1CC[C@H](N2CCc3cncc4cccc2c34)CC1. The quantitative estimate of drug-likeness (QED) is 0.640. The maximum atomic E-state index is 4.44. The molecular weight excluding hydrogens is 342 g/mol. The highest BCUT2D eigenvalue weighted by Crippen LogP contribution is 2.38. The maximum absolute atomic E-state index is 4.44. The molecule has 1 aliphatic heterocycles. The van der Waals surface area contributed by atoms with Crippen LogP contribution in [0.4, 0.5) is 5.69 Å². The third-order valence-corrected chi connectivity index (χ3v) is 6.78. The topological polar surface area (TPSA) is 19.4 Å². The molecule has 0 radical (unpaired) electrons. The van der Waals surface area contributed by atoms with Gasteiger partial charge in [-0.3, -0.25) is 9.88 Å². The Hall–Kier alpha value is -2.39. The molecule has 1 fully saturated rings. The van der Waals surface area contributed by atoms with Gasteiger partial charge in [0.25, 0.3) is 0 Å². The average Bonchev–Trinajstić information content (AvgIpc) is 2.75. The van der Waals surface area contributed by atoms with E-state index in [1.165, 1.54) is 53.3 Å². The molecule has 1 aliphatic carbocycles. The van der Waals surface area contributed by atoms with E-state index in [-0.39, 0.29) is 0 Å². The fourth-order valence-electron chi connectivity index (χ4n) is 5.27. The van der Waals surface area contributed by atoms with Crippen molar-refractivity contribution >= 4 is 16.5 Å². The number of aromatic nitrogens is 1. The standard InChI is InChI=1S/C25H29N3/c1-27(18-19-6-3-2-4-7-19)22-10-12-23(13-11-22)28-15-14-21-17-26-16-20-8-5-9-24(28)25(20)21/h2-9,16-17,22-23H,10-15,18H2,1H3/t22-,23-. The molecule has 5 rings (SSSR count). The first-order valence-electron chi connectivity index (χ1n) is 10.7. The van der Waals surface area contributed by atoms with E-state index in [0.717, 1.165) is 19.5 Å². The molecule has 2 aromatic carbocycles. The van der Waals surface area contributed by atoms with Gasteiger partial charge in [-0.1, -0.05) is 42.5 Å². The third-order valence-electron chi connectivity index (χ3n) is 6.78. The lowest BCUT2D eigenvalue weighted by atomic mass is 9.87. The van der Waals surface area contributed by atoms with Gasteiger partial charge in [0, 0.05) is 54.0 Å². The molecule has 0 spiro atoms. The van der Waals surface area contributed by atoms with E-state index in [1.54, 1.807) is 0 Å². The van der Waals surface area contributed by atoms with E-state index in [4.69, 9.17) is 0 Å². The van der Waals surface area contributed by atoms with Gasteiger partial charge in [0.2, 0.25) is 0 Å². The summed E-state index contributed by atoms with van der Waals surface area (Å²) in [5.74, 6) is 0. The zero-order valence-electron chi connectivity index (χ0n) is 16.7. The monoisotopic (exact) mass is 371 g/mol. The number of pyridine rings is 1. The van der Waals surface area contributed by atoms with Crippen LogP contribution in [-0.4, -0.2) is 35.6 Å². The molecule has 3 heteroatoms. The third kappa shape index (κ3) is 3.29. The number of anilines is 1. The van der Waals surface area contributed by atoms with E-state index >= 15 is 0 Å². The summed E-state index contributed by atoms with van der Waals surface area (Å²) in [5, 5.41) is 2.73. The Morgan fingerprint density at radius 1 is 0.964 bits per heavy atom. The zero-order valence-corrected chi connectivity index (χ0v) is 16.7. The Morgan fingerprint density at radius 2 is 1.79 bits per heavy atom. The zero-order chi connectivity index (χ0) is 18.9. The van der Waals surface area contributed by atoms with Gasteiger partial charge in [0.05, 0.1) is 0 Å². The van der Waals surface area contributed by atoms with Crippen LogP contribution in [0.1, 0.15) is 36.8 Å². The summed E-state index contributed by atoms with van der Waals surface area (Å²) in [6.07, 6.45) is 10.4. The van der Waals surface area contributed by atoms with Gasteiger partial charge in [-0.05, 0) is 56.3 Å². The van der Waals surface area contributed by atoms with Crippen molar-refractivity contribution in [1.82, 2.24) is 9.88 Å². The van der Waals surface area contributed by atoms with Gasteiger partial charge < -0.3 is 4.90 Å². The molecule has 3 aromatic rings. The van der Waals surface area contributed by atoms with Crippen LogP contribution in [0, 0.1) is 0 Å². The van der Waals surface area contributed by atoms with Crippen molar-refractivity contribution in [2.45, 2.75) is 50.7 Å². The fourth-order valence-corrected chi connectivity index (χ4v) is 5.27. The number of benzene rings is 2. The van der Waals surface area contributed by atoms with Crippen LogP contribution >= 0.6 is 0 Å². The lowest BCUT2D eigenvalue weighted by Gasteiger charge is -2.42. The summed E-state index contributed by atoms with van der Waals surface area (Å²) in [6.45, 7) is 2.19. The molecule has 0 unspecified atom stereocenters.